The molecule has 5 aliphatic rings. The van der Waals surface area contributed by atoms with Crippen LogP contribution in [0.1, 0.15) is 68.3 Å². The van der Waals surface area contributed by atoms with E-state index in [1.165, 1.54) is 49.7 Å². The van der Waals surface area contributed by atoms with Crippen LogP contribution in [-0.4, -0.2) is 36.2 Å². The lowest BCUT2D eigenvalue weighted by atomic mass is 9.48. The monoisotopic (exact) mass is 512 g/mol. The minimum absolute atomic E-state index is 0.0647. The smallest absolute Gasteiger partial charge is 0.335 e. The standard InChI is InChI=1S/C33H36O5/c1-32(2)37-19-28(38-32)18-36-30-8-7-26(24-3-4-25-13-27(31(34)35)6-5-23(25)12-24)14-29(30)33-15-20-9-21(16-33)11-22(10-20)17-33/h3-8,12-14,20-22,28H,9-11,15-19H2,1-2H3,(H,34,35). The first kappa shape index (κ1) is 24.2. The van der Waals surface area contributed by atoms with Crippen LogP contribution in [0.15, 0.2) is 54.6 Å². The predicted molar refractivity (Wildman–Crippen MR) is 147 cm³/mol. The van der Waals surface area contributed by atoms with Gasteiger partial charge in [0.1, 0.15) is 18.5 Å². The van der Waals surface area contributed by atoms with Crippen LogP contribution in [-0.2, 0) is 14.9 Å². The predicted octanol–water partition coefficient (Wildman–Crippen LogP) is 7.20. The molecule has 0 radical (unpaired) electrons. The molecule has 3 aromatic carbocycles. The van der Waals surface area contributed by atoms with Gasteiger partial charge < -0.3 is 19.3 Å². The molecule has 4 aliphatic carbocycles. The molecule has 0 amide bonds. The lowest BCUT2D eigenvalue weighted by Gasteiger charge is -2.57. The second kappa shape index (κ2) is 8.82. The van der Waals surface area contributed by atoms with Gasteiger partial charge in [0.05, 0.1) is 12.2 Å². The molecule has 0 aromatic heterocycles. The van der Waals surface area contributed by atoms with Crippen LogP contribution in [0.3, 0.4) is 0 Å². The molecule has 5 heteroatoms. The molecule has 1 unspecified atom stereocenters. The maximum atomic E-state index is 11.4. The number of rotatable bonds is 6. The van der Waals surface area contributed by atoms with Gasteiger partial charge >= 0.3 is 5.97 Å². The van der Waals surface area contributed by atoms with E-state index in [4.69, 9.17) is 14.2 Å². The van der Waals surface area contributed by atoms with E-state index in [-0.39, 0.29) is 11.5 Å². The summed E-state index contributed by atoms with van der Waals surface area (Å²) in [4.78, 5) is 11.4. The topological polar surface area (TPSA) is 65.0 Å². The minimum atomic E-state index is -0.898. The van der Waals surface area contributed by atoms with Gasteiger partial charge in [-0.25, -0.2) is 4.79 Å². The summed E-state index contributed by atoms with van der Waals surface area (Å²) in [6.07, 6.45) is 7.95. The minimum Gasteiger partial charge on any atom is -0.490 e. The van der Waals surface area contributed by atoms with E-state index in [0.29, 0.717) is 18.8 Å². The maximum Gasteiger partial charge on any atom is 0.335 e. The summed E-state index contributed by atoms with van der Waals surface area (Å²) in [7, 11) is 0. The van der Waals surface area contributed by atoms with Crippen molar-refractivity contribution in [2.45, 2.75) is 69.7 Å². The molecular formula is C33H36O5. The molecule has 4 saturated carbocycles. The van der Waals surface area contributed by atoms with Crippen molar-refractivity contribution in [3.05, 3.63) is 65.7 Å². The molecule has 4 bridgehead atoms. The second-order valence-electron chi connectivity index (χ2n) is 12.8. The number of carboxylic acids is 1. The molecule has 38 heavy (non-hydrogen) atoms. The van der Waals surface area contributed by atoms with Crippen molar-refractivity contribution >= 4 is 16.7 Å². The Bertz CT molecular complexity index is 1370. The quantitative estimate of drug-likeness (QED) is 0.378. The molecule has 198 valence electrons. The summed E-state index contributed by atoms with van der Waals surface area (Å²) in [6, 6.07) is 18.4. The molecule has 0 spiro atoms. The van der Waals surface area contributed by atoms with Crippen LogP contribution >= 0.6 is 0 Å². The molecule has 1 heterocycles. The van der Waals surface area contributed by atoms with Gasteiger partial charge in [0.15, 0.2) is 5.79 Å². The van der Waals surface area contributed by atoms with Crippen molar-refractivity contribution in [3.63, 3.8) is 0 Å². The molecule has 1 saturated heterocycles. The highest BCUT2D eigenvalue weighted by Crippen LogP contribution is 2.62. The van der Waals surface area contributed by atoms with Crippen LogP contribution in [0.2, 0.25) is 0 Å². The van der Waals surface area contributed by atoms with Crippen molar-refractivity contribution in [2.75, 3.05) is 13.2 Å². The number of fused-ring (bicyclic) bond motifs is 1. The third kappa shape index (κ3) is 4.30. The second-order valence-corrected chi connectivity index (χ2v) is 12.8. The third-order valence-corrected chi connectivity index (χ3v) is 9.50. The normalized spacial score (nSPS) is 31.1. The Morgan fingerprint density at radius 2 is 1.53 bits per heavy atom. The number of benzene rings is 3. The summed E-state index contributed by atoms with van der Waals surface area (Å²) in [6.45, 7) is 4.95. The van der Waals surface area contributed by atoms with Crippen molar-refractivity contribution in [3.8, 4) is 16.9 Å². The van der Waals surface area contributed by atoms with Gasteiger partial charge in [-0.15, -0.1) is 0 Å². The highest BCUT2D eigenvalue weighted by Gasteiger charge is 2.52. The summed E-state index contributed by atoms with van der Waals surface area (Å²) >= 11 is 0. The first-order valence-electron chi connectivity index (χ1n) is 14.1. The Kier molecular flexibility index (Phi) is 5.61. The Morgan fingerprint density at radius 3 is 2.18 bits per heavy atom. The fourth-order valence-electron chi connectivity index (χ4n) is 8.28. The van der Waals surface area contributed by atoms with Gasteiger partial charge in [-0.3, -0.25) is 0 Å². The fraction of sp³-hybridized carbons (Fsp3) is 0.485. The summed E-state index contributed by atoms with van der Waals surface area (Å²) in [5.74, 6) is 2.07. The summed E-state index contributed by atoms with van der Waals surface area (Å²) in [5.41, 5.74) is 4.21. The van der Waals surface area contributed by atoms with Crippen molar-refractivity contribution < 1.29 is 24.1 Å². The van der Waals surface area contributed by atoms with E-state index in [1.807, 2.05) is 26.0 Å². The third-order valence-electron chi connectivity index (χ3n) is 9.50. The SMILES string of the molecule is CC1(C)OCC(COc2ccc(-c3ccc4cc(C(=O)O)ccc4c3)cc2C23CC4CC(CC(C4)C2)C3)O1. The Morgan fingerprint density at radius 1 is 0.895 bits per heavy atom. The zero-order valence-corrected chi connectivity index (χ0v) is 22.2. The van der Waals surface area contributed by atoms with Crippen LogP contribution in [0.4, 0.5) is 0 Å². The van der Waals surface area contributed by atoms with Crippen molar-refractivity contribution in [1.29, 1.82) is 0 Å². The van der Waals surface area contributed by atoms with Crippen molar-refractivity contribution in [1.82, 2.24) is 0 Å². The molecular weight excluding hydrogens is 476 g/mol. The number of carboxylic acid groups (broad SMARTS) is 1. The van der Waals surface area contributed by atoms with Crippen LogP contribution in [0, 0.1) is 17.8 Å². The molecule has 1 N–H and O–H groups in total. The van der Waals surface area contributed by atoms with Crippen LogP contribution in [0.5, 0.6) is 5.75 Å². The van der Waals surface area contributed by atoms with E-state index in [9.17, 15) is 9.90 Å². The Hall–Kier alpha value is -2.89. The lowest BCUT2D eigenvalue weighted by Crippen LogP contribution is -2.48. The van der Waals surface area contributed by atoms with E-state index in [1.54, 1.807) is 12.1 Å². The first-order valence-corrected chi connectivity index (χ1v) is 14.1. The van der Waals surface area contributed by atoms with Gasteiger partial charge in [0, 0.05) is 5.56 Å². The zero-order chi connectivity index (χ0) is 26.1. The highest BCUT2D eigenvalue weighted by atomic mass is 16.7. The van der Waals surface area contributed by atoms with Gasteiger partial charge in [-0.2, -0.15) is 0 Å². The van der Waals surface area contributed by atoms with Crippen LogP contribution in [0.25, 0.3) is 21.9 Å². The highest BCUT2D eigenvalue weighted by molar-refractivity contribution is 5.95. The number of carbonyl (C=O) groups is 1. The molecule has 3 aromatic rings. The summed E-state index contributed by atoms with van der Waals surface area (Å²) < 4.78 is 18.3. The van der Waals surface area contributed by atoms with Gasteiger partial charge in [0.2, 0.25) is 0 Å². The molecule has 5 fully saturated rings. The number of hydrogen-bond acceptors (Lipinski definition) is 4. The first-order chi connectivity index (χ1) is 18.3. The average molecular weight is 513 g/mol. The van der Waals surface area contributed by atoms with E-state index in [2.05, 4.69) is 30.3 Å². The summed E-state index contributed by atoms with van der Waals surface area (Å²) in [5, 5.41) is 11.3. The number of hydrogen-bond donors (Lipinski definition) is 1. The Balaban J connectivity index is 1.25. The van der Waals surface area contributed by atoms with Gasteiger partial charge in [-0.1, -0.05) is 24.3 Å². The lowest BCUT2D eigenvalue weighted by molar-refractivity contribution is -0.141. The molecule has 8 rings (SSSR count). The van der Waals surface area contributed by atoms with E-state index < -0.39 is 11.8 Å². The van der Waals surface area contributed by atoms with E-state index >= 15 is 0 Å². The molecule has 5 nitrogen and oxygen atoms in total. The van der Waals surface area contributed by atoms with Crippen molar-refractivity contribution in [2.24, 2.45) is 17.8 Å². The largest absolute Gasteiger partial charge is 0.490 e. The maximum absolute atomic E-state index is 11.4. The van der Waals surface area contributed by atoms with Gasteiger partial charge in [-0.05, 0) is 128 Å². The zero-order valence-electron chi connectivity index (χ0n) is 22.2. The van der Waals surface area contributed by atoms with Crippen LogP contribution < -0.4 is 4.74 Å². The molecule has 1 aliphatic heterocycles. The molecule has 1 atom stereocenters. The average Bonchev–Trinajstić information content (AvgIpc) is 3.24. The van der Waals surface area contributed by atoms with Gasteiger partial charge in [0.25, 0.3) is 0 Å². The number of ether oxygens (including phenoxy) is 3. The Labute approximate surface area is 224 Å². The fourth-order valence-corrected chi connectivity index (χ4v) is 8.28. The number of aromatic carboxylic acids is 1. The van der Waals surface area contributed by atoms with E-state index in [0.717, 1.165) is 39.8 Å².